The van der Waals surface area contributed by atoms with Gasteiger partial charge in [-0.25, -0.2) is 0 Å². The third-order valence-electron chi connectivity index (χ3n) is 2.28. The molecule has 1 amide bonds. The van der Waals surface area contributed by atoms with E-state index in [0.717, 1.165) is 0 Å². The molecule has 0 aliphatic carbocycles. The predicted octanol–water partition coefficient (Wildman–Crippen LogP) is 1.00. The van der Waals surface area contributed by atoms with Gasteiger partial charge in [0.2, 0.25) is 0 Å². The van der Waals surface area contributed by atoms with Gasteiger partial charge in [0.15, 0.2) is 0 Å². The molecule has 0 saturated carbocycles. The fourth-order valence-corrected chi connectivity index (χ4v) is 1.44. The van der Waals surface area contributed by atoms with Crippen molar-refractivity contribution in [1.82, 2.24) is 10.2 Å². The number of hydrogen-bond donors (Lipinski definition) is 1. The van der Waals surface area contributed by atoms with Crippen molar-refractivity contribution in [2.75, 3.05) is 19.6 Å². The minimum atomic E-state index is -5.84. The molecule has 0 radical (unpaired) electrons. The molecule has 1 N–H and O–H groups in total. The zero-order chi connectivity index (χ0) is 12.6. The topological polar surface area (TPSA) is 32.3 Å². The molecule has 0 unspecified atom stereocenters. The van der Waals surface area contributed by atoms with Crippen LogP contribution >= 0.6 is 0 Å². The number of amides is 1. The second-order valence-electron chi connectivity index (χ2n) is 3.68. The maximum absolute atomic E-state index is 12.7. The molecule has 0 bridgehead atoms. The summed E-state index contributed by atoms with van der Waals surface area (Å²) in [5, 5.41) is 2.84. The van der Waals surface area contributed by atoms with Gasteiger partial charge in [0.05, 0.1) is 0 Å². The van der Waals surface area contributed by atoms with Gasteiger partial charge in [-0.05, 0) is 6.92 Å². The van der Waals surface area contributed by atoms with Gasteiger partial charge in [0.1, 0.15) is 0 Å². The Morgan fingerprint density at radius 2 is 1.88 bits per heavy atom. The number of carbonyl (C=O) groups is 1. The van der Waals surface area contributed by atoms with Crippen LogP contribution in [-0.4, -0.2) is 48.6 Å². The van der Waals surface area contributed by atoms with Crippen LogP contribution in [0.15, 0.2) is 0 Å². The van der Waals surface area contributed by atoms with Crippen LogP contribution in [0.1, 0.15) is 6.92 Å². The van der Waals surface area contributed by atoms with Crippen LogP contribution < -0.4 is 5.32 Å². The second-order valence-corrected chi connectivity index (χ2v) is 3.68. The lowest BCUT2D eigenvalue weighted by Gasteiger charge is -2.34. The van der Waals surface area contributed by atoms with Crippen molar-refractivity contribution in [3.8, 4) is 0 Å². The number of piperazine rings is 1. The van der Waals surface area contributed by atoms with Crippen molar-refractivity contribution in [1.29, 1.82) is 0 Å². The van der Waals surface area contributed by atoms with E-state index in [1.807, 2.05) is 0 Å². The molecule has 0 aromatic heterocycles. The van der Waals surface area contributed by atoms with Crippen molar-refractivity contribution >= 4 is 5.91 Å². The van der Waals surface area contributed by atoms with E-state index in [1.165, 1.54) is 0 Å². The van der Waals surface area contributed by atoms with Gasteiger partial charge in [-0.3, -0.25) is 4.79 Å². The van der Waals surface area contributed by atoms with Gasteiger partial charge in [-0.1, -0.05) is 0 Å². The molecule has 0 aromatic rings. The molecule has 1 saturated heterocycles. The largest absolute Gasteiger partial charge is 0.463 e. The number of carbonyl (C=O) groups excluding carboxylic acids is 1. The van der Waals surface area contributed by atoms with Crippen molar-refractivity contribution in [3.05, 3.63) is 0 Å². The van der Waals surface area contributed by atoms with E-state index in [0.29, 0.717) is 4.90 Å². The maximum Gasteiger partial charge on any atom is 0.463 e. The lowest BCUT2D eigenvalue weighted by Crippen LogP contribution is -2.58. The van der Waals surface area contributed by atoms with Crippen LogP contribution in [-0.2, 0) is 4.79 Å². The number of nitrogens with zero attached hydrogens (tertiary/aromatic N) is 1. The van der Waals surface area contributed by atoms with E-state index in [2.05, 4.69) is 5.32 Å². The van der Waals surface area contributed by atoms with Crippen molar-refractivity contribution in [2.45, 2.75) is 25.1 Å². The Balaban J connectivity index is 2.77. The predicted molar refractivity (Wildman–Crippen MR) is 45.0 cm³/mol. The van der Waals surface area contributed by atoms with Crippen LogP contribution in [0.3, 0.4) is 0 Å². The summed E-state index contributed by atoms with van der Waals surface area (Å²) in [4.78, 5) is 11.6. The highest BCUT2D eigenvalue weighted by Crippen LogP contribution is 2.36. The van der Waals surface area contributed by atoms with Crippen LogP contribution in [0.5, 0.6) is 0 Å². The molecule has 16 heavy (non-hydrogen) atoms. The minimum absolute atomic E-state index is 0.144. The quantitative estimate of drug-likeness (QED) is 0.700. The molecule has 94 valence electrons. The average molecular weight is 246 g/mol. The molecule has 1 atom stereocenters. The summed E-state index contributed by atoms with van der Waals surface area (Å²) in [6, 6.07) is -0.290. The van der Waals surface area contributed by atoms with Crippen LogP contribution in [0.4, 0.5) is 22.0 Å². The first kappa shape index (κ1) is 13.1. The Labute approximate surface area is 88.6 Å². The summed E-state index contributed by atoms with van der Waals surface area (Å²) in [6.45, 7) is 1.52. The lowest BCUT2D eigenvalue weighted by molar-refractivity contribution is -0.274. The minimum Gasteiger partial charge on any atom is -0.334 e. The number of halogens is 5. The van der Waals surface area contributed by atoms with E-state index in [1.54, 1.807) is 6.92 Å². The van der Waals surface area contributed by atoms with E-state index < -0.39 is 18.0 Å². The third-order valence-corrected chi connectivity index (χ3v) is 2.28. The molecule has 3 nitrogen and oxygen atoms in total. The van der Waals surface area contributed by atoms with Gasteiger partial charge in [-0.2, -0.15) is 22.0 Å². The SMILES string of the molecule is C[C@H]1CN(C(=O)C(F)(F)C(F)(F)F)CCN1. The zero-order valence-corrected chi connectivity index (χ0v) is 8.44. The molecular weight excluding hydrogens is 235 g/mol. The fraction of sp³-hybridized carbons (Fsp3) is 0.875. The summed E-state index contributed by atoms with van der Waals surface area (Å²) < 4.78 is 61.2. The summed E-state index contributed by atoms with van der Waals surface area (Å²) in [5.74, 6) is -7.47. The van der Waals surface area contributed by atoms with E-state index in [9.17, 15) is 26.7 Å². The van der Waals surface area contributed by atoms with Crippen LogP contribution in [0.2, 0.25) is 0 Å². The van der Waals surface area contributed by atoms with Gasteiger partial charge < -0.3 is 10.2 Å². The van der Waals surface area contributed by atoms with Crippen molar-refractivity contribution in [3.63, 3.8) is 0 Å². The van der Waals surface area contributed by atoms with Crippen LogP contribution in [0.25, 0.3) is 0 Å². The Hall–Kier alpha value is -0.920. The second kappa shape index (κ2) is 4.15. The first-order valence-corrected chi connectivity index (χ1v) is 4.63. The highest BCUT2D eigenvalue weighted by molar-refractivity contribution is 5.84. The van der Waals surface area contributed by atoms with E-state index in [4.69, 9.17) is 0 Å². The standard InChI is InChI=1S/C8H11F5N2O/c1-5-4-15(3-2-14-5)6(16)7(9,10)8(11,12)13/h5,14H,2-4H2,1H3/t5-/m0/s1. The monoisotopic (exact) mass is 246 g/mol. The smallest absolute Gasteiger partial charge is 0.334 e. The van der Waals surface area contributed by atoms with Gasteiger partial charge in [-0.15, -0.1) is 0 Å². The molecule has 1 aliphatic rings. The Morgan fingerprint density at radius 3 is 2.31 bits per heavy atom. The lowest BCUT2D eigenvalue weighted by atomic mass is 10.2. The Kier molecular flexibility index (Phi) is 3.41. The summed E-state index contributed by atoms with van der Waals surface area (Å²) >= 11 is 0. The summed E-state index contributed by atoms with van der Waals surface area (Å²) in [6.07, 6.45) is -5.84. The van der Waals surface area contributed by atoms with Crippen molar-refractivity contribution in [2.24, 2.45) is 0 Å². The number of rotatable bonds is 1. The van der Waals surface area contributed by atoms with Gasteiger partial charge in [0, 0.05) is 25.7 Å². The molecule has 0 spiro atoms. The molecule has 1 rings (SSSR count). The number of hydrogen-bond acceptors (Lipinski definition) is 2. The fourth-order valence-electron chi connectivity index (χ4n) is 1.44. The van der Waals surface area contributed by atoms with E-state index in [-0.39, 0.29) is 25.7 Å². The van der Waals surface area contributed by atoms with Crippen molar-refractivity contribution < 1.29 is 26.7 Å². The molecule has 1 heterocycles. The highest BCUT2D eigenvalue weighted by Gasteiger charge is 2.64. The zero-order valence-electron chi connectivity index (χ0n) is 8.44. The molecule has 1 fully saturated rings. The Morgan fingerprint density at radius 1 is 1.31 bits per heavy atom. The maximum atomic E-state index is 12.7. The average Bonchev–Trinajstić information content (AvgIpc) is 2.14. The summed E-state index contributed by atoms with van der Waals surface area (Å²) in [7, 11) is 0. The normalized spacial score (nSPS) is 23.4. The first-order valence-electron chi connectivity index (χ1n) is 4.63. The Bertz CT molecular complexity index is 278. The van der Waals surface area contributed by atoms with E-state index >= 15 is 0 Å². The van der Waals surface area contributed by atoms with Gasteiger partial charge in [0.25, 0.3) is 0 Å². The molecule has 0 aromatic carbocycles. The molecule has 1 aliphatic heterocycles. The first-order chi connectivity index (χ1) is 7.16. The molecular formula is C8H11F5N2O. The number of alkyl halides is 5. The summed E-state index contributed by atoms with van der Waals surface area (Å²) in [5.41, 5.74) is 0. The number of nitrogens with one attached hydrogen (secondary N) is 1. The molecule has 8 heteroatoms. The third kappa shape index (κ3) is 2.42. The highest BCUT2D eigenvalue weighted by atomic mass is 19.4. The van der Waals surface area contributed by atoms with Gasteiger partial charge >= 0.3 is 18.0 Å². The van der Waals surface area contributed by atoms with Crippen LogP contribution in [0, 0.1) is 0 Å².